The van der Waals surface area contributed by atoms with Gasteiger partial charge in [0.1, 0.15) is 11.6 Å². The molecule has 0 spiro atoms. The van der Waals surface area contributed by atoms with Gasteiger partial charge in [-0.3, -0.25) is 4.79 Å². The van der Waals surface area contributed by atoms with Crippen LogP contribution in [0.3, 0.4) is 0 Å². The largest absolute Gasteiger partial charge is 0.493 e. The number of amides is 1. The van der Waals surface area contributed by atoms with E-state index in [1.54, 1.807) is 11.9 Å². The lowest BCUT2D eigenvalue weighted by Gasteiger charge is -2.20. The molecule has 2 rings (SSSR count). The van der Waals surface area contributed by atoms with E-state index in [2.05, 4.69) is 19.1 Å². The Morgan fingerprint density at radius 3 is 2.71 bits per heavy atom. The smallest absolute Gasteiger partial charge is 0.237 e. The molecule has 4 heteroatoms. The van der Waals surface area contributed by atoms with Crippen molar-refractivity contribution in [3.63, 3.8) is 0 Å². The van der Waals surface area contributed by atoms with E-state index < -0.39 is 0 Å². The molecule has 0 N–H and O–H groups in total. The van der Waals surface area contributed by atoms with E-state index in [-0.39, 0.29) is 11.8 Å². The predicted octanol–water partition coefficient (Wildman–Crippen LogP) is 3.83. The van der Waals surface area contributed by atoms with Crippen molar-refractivity contribution in [1.29, 1.82) is 0 Å². The first-order chi connectivity index (χ1) is 10.2. The number of carbonyl (C=O) groups excluding carboxylic acids is 1. The Balaban J connectivity index is 2.42. The van der Waals surface area contributed by atoms with Crippen molar-refractivity contribution in [3.05, 3.63) is 42.0 Å². The molecule has 21 heavy (non-hydrogen) atoms. The highest BCUT2D eigenvalue weighted by Gasteiger charge is 2.14. The third-order valence-electron chi connectivity index (χ3n) is 3.39. The number of halogens is 1. The Hall–Kier alpha value is -1.74. The van der Waals surface area contributed by atoms with Gasteiger partial charge in [-0.2, -0.15) is 0 Å². The number of hydrogen-bond acceptors (Lipinski definition) is 2. The molecule has 2 aromatic rings. The van der Waals surface area contributed by atoms with Crippen molar-refractivity contribution in [2.75, 3.05) is 19.5 Å². The highest BCUT2D eigenvalue weighted by molar-refractivity contribution is 6.27. The number of fused-ring (bicyclic) bond motifs is 1. The molecule has 1 amide bonds. The minimum absolute atomic E-state index is 0.00752. The van der Waals surface area contributed by atoms with E-state index in [1.165, 1.54) is 0 Å². The summed E-state index contributed by atoms with van der Waals surface area (Å²) in [6.45, 7) is 3.23. The van der Waals surface area contributed by atoms with Crippen LogP contribution in [0.4, 0.5) is 0 Å². The lowest BCUT2D eigenvalue weighted by molar-refractivity contribution is -0.127. The van der Waals surface area contributed by atoms with Crippen LogP contribution in [0.25, 0.3) is 10.8 Å². The van der Waals surface area contributed by atoms with Crippen LogP contribution in [0.2, 0.25) is 0 Å². The third-order valence-corrected chi connectivity index (χ3v) is 3.62. The molecule has 0 heterocycles. The number of hydrogen-bond donors (Lipinski definition) is 0. The second-order valence-electron chi connectivity index (χ2n) is 5.00. The lowest BCUT2D eigenvalue weighted by atomic mass is 10.0. The fraction of sp³-hybridized carbons (Fsp3) is 0.353. The number of benzene rings is 2. The summed E-state index contributed by atoms with van der Waals surface area (Å²) in [4.78, 5) is 13.4. The maximum atomic E-state index is 11.7. The highest BCUT2D eigenvalue weighted by atomic mass is 35.5. The maximum absolute atomic E-state index is 11.7. The summed E-state index contributed by atoms with van der Waals surface area (Å²) in [6.07, 6.45) is 0.947. The minimum Gasteiger partial charge on any atom is -0.493 e. The zero-order chi connectivity index (χ0) is 15.2. The van der Waals surface area contributed by atoms with Gasteiger partial charge in [0, 0.05) is 19.2 Å². The first-order valence-electron chi connectivity index (χ1n) is 7.10. The van der Waals surface area contributed by atoms with Crippen LogP contribution in [0.1, 0.15) is 18.9 Å². The van der Waals surface area contributed by atoms with E-state index in [0.717, 1.165) is 28.5 Å². The van der Waals surface area contributed by atoms with Gasteiger partial charge in [-0.05, 0) is 23.3 Å². The quantitative estimate of drug-likeness (QED) is 0.759. The maximum Gasteiger partial charge on any atom is 0.237 e. The van der Waals surface area contributed by atoms with Crippen LogP contribution in [0, 0.1) is 0 Å². The Morgan fingerprint density at radius 1 is 1.24 bits per heavy atom. The molecule has 0 atom stereocenters. The van der Waals surface area contributed by atoms with Gasteiger partial charge >= 0.3 is 0 Å². The Bertz CT molecular complexity index is 627. The fourth-order valence-corrected chi connectivity index (χ4v) is 2.46. The number of ether oxygens (including phenoxy) is 1. The van der Waals surface area contributed by atoms with E-state index >= 15 is 0 Å². The highest BCUT2D eigenvalue weighted by Crippen LogP contribution is 2.29. The monoisotopic (exact) mass is 305 g/mol. The van der Waals surface area contributed by atoms with Gasteiger partial charge in [-0.1, -0.05) is 37.3 Å². The number of rotatable bonds is 6. The van der Waals surface area contributed by atoms with Crippen LogP contribution in [0.5, 0.6) is 5.75 Å². The average molecular weight is 306 g/mol. The molecular weight excluding hydrogens is 286 g/mol. The van der Waals surface area contributed by atoms with Crippen LogP contribution in [0.15, 0.2) is 36.4 Å². The fourth-order valence-electron chi connectivity index (χ4n) is 2.25. The normalized spacial score (nSPS) is 10.6. The topological polar surface area (TPSA) is 29.5 Å². The summed E-state index contributed by atoms with van der Waals surface area (Å²) in [7, 11) is 1.76. The molecule has 0 aromatic heterocycles. The summed E-state index contributed by atoms with van der Waals surface area (Å²) in [6, 6.07) is 12.2. The predicted molar refractivity (Wildman–Crippen MR) is 86.9 cm³/mol. The average Bonchev–Trinajstić information content (AvgIpc) is 2.53. The minimum atomic E-state index is -0.0916. The van der Waals surface area contributed by atoms with Crippen LogP contribution in [-0.4, -0.2) is 30.3 Å². The van der Waals surface area contributed by atoms with E-state index in [1.807, 2.05) is 24.3 Å². The van der Waals surface area contributed by atoms with Gasteiger partial charge in [-0.15, -0.1) is 11.6 Å². The van der Waals surface area contributed by atoms with Gasteiger partial charge < -0.3 is 9.64 Å². The van der Waals surface area contributed by atoms with Crippen LogP contribution in [-0.2, 0) is 11.3 Å². The molecule has 0 unspecified atom stereocenters. The van der Waals surface area contributed by atoms with Crippen molar-refractivity contribution in [1.82, 2.24) is 4.90 Å². The molecule has 2 aromatic carbocycles. The number of nitrogens with zero attached hydrogens (tertiary/aromatic N) is 1. The second kappa shape index (κ2) is 7.32. The Kier molecular flexibility index (Phi) is 5.45. The molecule has 0 aliphatic carbocycles. The first kappa shape index (κ1) is 15.6. The van der Waals surface area contributed by atoms with Gasteiger partial charge in [-0.25, -0.2) is 0 Å². The molecular formula is C17H20ClNO2. The molecule has 0 aliphatic rings. The molecule has 0 radical (unpaired) electrons. The molecule has 0 saturated heterocycles. The summed E-state index contributed by atoms with van der Waals surface area (Å²) in [5, 5.41) is 2.25. The first-order valence-corrected chi connectivity index (χ1v) is 7.64. The summed E-state index contributed by atoms with van der Waals surface area (Å²) in [5.41, 5.74) is 1.03. The molecule has 0 saturated carbocycles. The molecule has 0 bridgehead atoms. The Morgan fingerprint density at radius 2 is 2.00 bits per heavy atom. The van der Waals surface area contributed by atoms with Crippen LogP contribution >= 0.6 is 11.6 Å². The zero-order valence-electron chi connectivity index (χ0n) is 12.4. The molecule has 3 nitrogen and oxygen atoms in total. The van der Waals surface area contributed by atoms with E-state index in [9.17, 15) is 4.79 Å². The summed E-state index contributed by atoms with van der Waals surface area (Å²) in [5.74, 6) is 0.739. The number of alkyl halides is 1. The molecule has 112 valence electrons. The zero-order valence-corrected chi connectivity index (χ0v) is 13.2. The van der Waals surface area contributed by atoms with Crippen molar-refractivity contribution < 1.29 is 9.53 Å². The van der Waals surface area contributed by atoms with E-state index in [0.29, 0.717) is 13.2 Å². The third kappa shape index (κ3) is 3.67. The standard InChI is InChI=1S/C17H20ClNO2/c1-3-10-21-16-9-8-13-6-4-5-7-14(13)15(16)12-19(2)17(20)11-18/h4-9H,3,10-12H2,1-2H3. The van der Waals surface area contributed by atoms with Crippen molar-refractivity contribution in [2.24, 2.45) is 0 Å². The van der Waals surface area contributed by atoms with Crippen molar-refractivity contribution in [3.8, 4) is 5.75 Å². The summed E-state index contributed by atoms with van der Waals surface area (Å²) >= 11 is 5.63. The molecule has 0 fully saturated rings. The van der Waals surface area contributed by atoms with Crippen molar-refractivity contribution in [2.45, 2.75) is 19.9 Å². The van der Waals surface area contributed by atoms with Crippen molar-refractivity contribution >= 4 is 28.3 Å². The Labute approximate surface area is 130 Å². The van der Waals surface area contributed by atoms with E-state index in [4.69, 9.17) is 16.3 Å². The van der Waals surface area contributed by atoms with Gasteiger partial charge in [0.05, 0.1) is 6.61 Å². The van der Waals surface area contributed by atoms with Gasteiger partial charge in [0.25, 0.3) is 0 Å². The second-order valence-corrected chi connectivity index (χ2v) is 5.26. The van der Waals surface area contributed by atoms with Crippen LogP contribution < -0.4 is 4.74 Å². The van der Waals surface area contributed by atoms with Gasteiger partial charge in [0.15, 0.2) is 0 Å². The molecule has 0 aliphatic heterocycles. The number of carbonyl (C=O) groups is 1. The summed E-state index contributed by atoms with van der Waals surface area (Å²) < 4.78 is 5.84. The SMILES string of the molecule is CCCOc1ccc2ccccc2c1CN(C)C(=O)CCl. The van der Waals surface area contributed by atoms with Gasteiger partial charge in [0.2, 0.25) is 5.91 Å². The lowest BCUT2D eigenvalue weighted by Crippen LogP contribution is -2.27.